The molecule has 0 fully saturated rings. The standard InChI is InChI=1S/C19H21N5O/c1-14-5-3-4-6-15(14)11-18-21-19(25-22-18)13-24-10-9-23(2)16-7-8-20-12-17(16)24/h3-8,12H,9-11,13H2,1-2H3. The number of hydrogen-bond donors (Lipinski definition) is 0. The maximum atomic E-state index is 5.48. The molecule has 0 spiro atoms. The number of likely N-dealkylation sites (N-methyl/N-ethyl adjacent to an activating group) is 1. The smallest absolute Gasteiger partial charge is 0.246 e. The second-order valence-corrected chi connectivity index (χ2v) is 6.42. The van der Waals surface area contributed by atoms with Crippen molar-refractivity contribution < 1.29 is 4.52 Å². The van der Waals surface area contributed by atoms with Gasteiger partial charge in [0.1, 0.15) is 0 Å². The van der Waals surface area contributed by atoms with E-state index in [1.54, 1.807) is 0 Å². The number of anilines is 2. The molecular weight excluding hydrogens is 314 g/mol. The van der Waals surface area contributed by atoms with Gasteiger partial charge < -0.3 is 14.3 Å². The number of benzene rings is 1. The summed E-state index contributed by atoms with van der Waals surface area (Å²) in [6.45, 7) is 4.57. The Hall–Kier alpha value is -2.89. The third-order valence-electron chi connectivity index (χ3n) is 4.68. The van der Waals surface area contributed by atoms with Crippen molar-refractivity contribution in [1.29, 1.82) is 0 Å². The molecule has 0 atom stereocenters. The number of hydrogen-bond acceptors (Lipinski definition) is 6. The zero-order chi connectivity index (χ0) is 17.2. The van der Waals surface area contributed by atoms with E-state index in [0.29, 0.717) is 18.9 Å². The number of aromatic nitrogens is 3. The van der Waals surface area contributed by atoms with Gasteiger partial charge in [0.25, 0.3) is 0 Å². The van der Waals surface area contributed by atoms with Gasteiger partial charge in [0.05, 0.1) is 24.1 Å². The van der Waals surface area contributed by atoms with Gasteiger partial charge in [-0.3, -0.25) is 4.98 Å². The van der Waals surface area contributed by atoms with Gasteiger partial charge in [-0.25, -0.2) is 0 Å². The molecular formula is C19H21N5O. The number of fused-ring (bicyclic) bond motifs is 1. The van der Waals surface area contributed by atoms with Gasteiger partial charge in [0.2, 0.25) is 5.89 Å². The first-order valence-corrected chi connectivity index (χ1v) is 8.47. The maximum Gasteiger partial charge on any atom is 0.246 e. The molecule has 0 bridgehead atoms. The van der Waals surface area contributed by atoms with E-state index in [0.717, 1.165) is 24.6 Å². The lowest BCUT2D eigenvalue weighted by atomic mass is 10.1. The monoisotopic (exact) mass is 335 g/mol. The lowest BCUT2D eigenvalue weighted by Gasteiger charge is -2.35. The highest BCUT2D eigenvalue weighted by Crippen LogP contribution is 2.31. The van der Waals surface area contributed by atoms with Crippen LogP contribution in [0.15, 0.2) is 47.2 Å². The Labute approximate surface area is 147 Å². The van der Waals surface area contributed by atoms with Crippen molar-refractivity contribution in [3.05, 3.63) is 65.6 Å². The van der Waals surface area contributed by atoms with Crippen LogP contribution in [0.25, 0.3) is 0 Å². The zero-order valence-corrected chi connectivity index (χ0v) is 14.5. The van der Waals surface area contributed by atoms with Crippen LogP contribution < -0.4 is 9.80 Å². The molecule has 0 saturated carbocycles. The first-order valence-electron chi connectivity index (χ1n) is 8.47. The number of nitrogens with zero attached hydrogens (tertiary/aromatic N) is 5. The molecule has 3 aromatic rings. The minimum absolute atomic E-state index is 0.604. The van der Waals surface area contributed by atoms with Gasteiger partial charge in [0.15, 0.2) is 5.82 Å². The second kappa shape index (κ2) is 6.55. The summed E-state index contributed by atoms with van der Waals surface area (Å²) in [6.07, 6.45) is 4.42. The highest BCUT2D eigenvalue weighted by Gasteiger charge is 2.22. The average molecular weight is 335 g/mol. The molecule has 1 aromatic carbocycles. The van der Waals surface area contributed by atoms with Crippen molar-refractivity contribution in [2.45, 2.75) is 19.9 Å². The Morgan fingerprint density at radius 3 is 2.88 bits per heavy atom. The summed E-state index contributed by atoms with van der Waals surface area (Å²) >= 11 is 0. The van der Waals surface area contributed by atoms with Gasteiger partial charge in [-0.15, -0.1) is 0 Å². The average Bonchev–Trinajstić information content (AvgIpc) is 3.07. The molecule has 4 rings (SSSR count). The SMILES string of the molecule is Cc1ccccc1Cc1noc(CN2CCN(C)c3ccncc32)n1. The largest absolute Gasteiger partial charge is 0.371 e. The Morgan fingerprint density at radius 1 is 1.12 bits per heavy atom. The van der Waals surface area contributed by atoms with Crippen molar-refractivity contribution in [3.8, 4) is 0 Å². The normalized spacial score (nSPS) is 13.8. The van der Waals surface area contributed by atoms with E-state index in [1.807, 2.05) is 30.6 Å². The maximum absolute atomic E-state index is 5.48. The lowest BCUT2D eigenvalue weighted by molar-refractivity contribution is 0.371. The Kier molecular flexibility index (Phi) is 4.09. The van der Waals surface area contributed by atoms with Gasteiger partial charge in [-0.2, -0.15) is 4.98 Å². The van der Waals surface area contributed by atoms with E-state index in [-0.39, 0.29) is 0 Å². The predicted molar refractivity (Wildman–Crippen MR) is 96.8 cm³/mol. The van der Waals surface area contributed by atoms with Crippen molar-refractivity contribution in [1.82, 2.24) is 15.1 Å². The quantitative estimate of drug-likeness (QED) is 0.731. The molecule has 1 aliphatic rings. The molecule has 0 amide bonds. The number of aryl methyl sites for hydroxylation is 1. The number of pyridine rings is 1. The first kappa shape index (κ1) is 15.6. The van der Waals surface area contributed by atoms with Crippen molar-refractivity contribution in [2.75, 3.05) is 29.9 Å². The summed E-state index contributed by atoms with van der Waals surface area (Å²) in [6, 6.07) is 10.3. The summed E-state index contributed by atoms with van der Waals surface area (Å²) in [5.74, 6) is 1.37. The van der Waals surface area contributed by atoms with Crippen LogP contribution in [0.1, 0.15) is 22.8 Å². The van der Waals surface area contributed by atoms with E-state index >= 15 is 0 Å². The summed E-state index contributed by atoms with van der Waals surface area (Å²) < 4.78 is 5.48. The molecule has 6 nitrogen and oxygen atoms in total. The third-order valence-corrected chi connectivity index (χ3v) is 4.68. The fraction of sp³-hybridized carbons (Fsp3) is 0.316. The Morgan fingerprint density at radius 2 is 2.00 bits per heavy atom. The van der Waals surface area contributed by atoms with Gasteiger partial charge >= 0.3 is 0 Å². The second-order valence-electron chi connectivity index (χ2n) is 6.42. The van der Waals surface area contributed by atoms with Crippen LogP contribution in [-0.4, -0.2) is 35.3 Å². The molecule has 0 aliphatic carbocycles. The van der Waals surface area contributed by atoms with Gasteiger partial charge in [-0.05, 0) is 24.1 Å². The minimum atomic E-state index is 0.604. The van der Waals surface area contributed by atoms with E-state index in [9.17, 15) is 0 Å². The molecule has 6 heteroatoms. The minimum Gasteiger partial charge on any atom is -0.371 e. The van der Waals surface area contributed by atoms with E-state index in [1.165, 1.54) is 16.8 Å². The molecule has 128 valence electrons. The number of rotatable bonds is 4. The van der Waals surface area contributed by atoms with Crippen LogP contribution in [-0.2, 0) is 13.0 Å². The van der Waals surface area contributed by atoms with E-state index in [4.69, 9.17) is 4.52 Å². The highest BCUT2D eigenvalue weighted by atomic mass is 16.5. The fourth-order valence-electron chi connectivity index (χ4n) is 3.19. The van der Waals surface area contributed by atoms with Crippen molar-refractivity contribution >= 4 is 11.4 Å². The van der Waals surface area contributed by atoms with Crippen LogP contribution in [0.2, 0.25) is 0 Å². The van der Waals surface area contributed by atoms with Crippen molar-refractivity contribution in [3.63, 3.8) is 0 Å². The highest BCUT2D eigenvalue weighted by molar-refractivity contribution is 5.71. The van der Waals surface area contributed by atoms with Crippen LogP contribution in [0.3, 0.4) is 0 Å². The summed E-state index contributed by atoms with van der Waals surface area (Å²) in [7, 11) is 2.10. The summed E-state index contributed by atoms with van der Waals surface area (Å²) in [5.41, 5.74) is 4.76. The first-order chi connectivity index (χ1) is 12.2. The zero-order valence-electron chi connectivity index (χ0n) is 14.5. The molecule has 25 heavy (non-hydrogen) atoms. The third kappa shape index (κ3) is 3.20. The van der Waals surface area contributed by atoms with Crippen LogP contribution in [0, 0.1) is 6.92 Å². The van der Waals surface area contributed by atoms with Gasteiger partial charge in [-0.1, -0.05) is 29.4 Å². The van der Waals surface area contributed by atoms with Crippen LogP contribution >= 0.6 is 0 Å². The molecule has 0 unspecified atom stereocenters. The molecule has 0 saturated heterocycles. The Balaban J connectivity index is 1.50. The summed E-state index contributed by atoms with van der Waals surface area (Å²) in [4.78, 5) is 13.3. The van der Waals surface area contributed by atoms with Crippen LogP contribution in [0.5, 0.6) is 0 Å². The molecule has 0 radical (unpaired) electrons. The predicted octanol–water partition coefficient (Wildman–Crippen LogP) is 2.82. The van der Waals surface area contributed by atoms with Crippen molar-refractivity contribution in [2.24, 2.45) is 0 Å². The van der Waals surface area contributed by atoms with Gasteiger partial charge in [0, 0.05) is 32.8 Å². The molecule has 3 heterocycles. The molecule has 1 aliphatic heterocycles. The van der Waals surface area contributed by atoms with E-state index < -0.39 is 0 Å². The molecule has 0 N–H and O–H groups in total. The summed E-state index contributed by atoms with van der Waals surface area (Å²) in [5, 5.41) is 4.15. The lowest BCUT2D eigenvalue weighted by Crippen LogP contribution is -2.38. The fourth-order valence-corrected chi connectivity index (χ4v) is 3.19. The Bertz CT molecular complexity index is 876. The van der Waals surface area contributed by atoms with E-state index in [2.05, 4.69) is 51.0 Å². The molecule has 2 aromatic heterocycles. The van der Waals surface area contributed by atoms with Crippen LogP contribution in [0.4, 0.5) is 11.4 Å². The topological polar surface area (TPSA) is 58.3 Å².